The van der Waals surface area contributed by atoms with Crippen molar-refractivity contribution in [2.75, 3.05) is 7.11 Å². The second kappa shape index (κ2) is 9.61. The molecule has 0 radical (unpaired) electrons. The standard InChI is InChI=1S/C22H16ClIN5O3P/c1-32-33(31,17-7-13(10-25)6-14(23)8-17)21-18-9-15(24)2-3-19(18)29-20(21)22(30)27-11-16-4-5-26-12-28-16/h2-9,12,29H,11H2,1H3,(H,27,30). The quantitative estimate of drug-likeness (QED) is 0.259. The second-order valence-corrected chi connectivity index (χ2v) is 11.1. The molecule has 1 amide bonds. The minimum Gasteiger partial charge on any atom is -0.350 e. The molecule has 1 unspecified atom stereocenters. The van der Waals surface area contributed by atoms with Gasteiger partial charge in [-0.3, -0.25) is 9.36 Å². The first-order valence-corrected chi connectivity index (χ1v) is 12.7. The molecular weight excluding hydrogens is 576 g/mol. The summed E-state index contributed by atoms with van der Waals surface area (Å²) in [6, 6.07) is 13.6. The van der Waals surface area contributed by atoms with Gasteiger partial charge >= 0.3 is 0 Å². The summed E-state index contributed by atoms with van der Waals surface area (Å²) < 4.78 is 20.9. The number of H-pyrrole nitrogens is 1. The third-order valence-corrected chi connectivity index (χ3v) is 8.33. The summed E-state index contributed by atoms with van der Waals surface area (Å²) in [6.45, 7) is 0.153. The van der Waals surface area contributed by atoms with Gasteiger partial charge in [-0.1, -0.05) is 11.6 Å². The van der Waals surface area contributed by atoms with Crippen molar-refractivity contribution in [2.24, 2.45) is 0 Å². The van der Waals surface area contributed by atoms with E-state index in [1.54, 1.807) is 18.3 Å². The number of fused-ring (bicyclic) bond motifs is 1. The van der Waals surface area contributed by atoms with Crippen LogP contribution >= 0.6 is 41.6 Å². The first-order valence-electron chi connectivity index (χ1n) is 9.57. The fraction of sp³-hybridized carbons (Fsp3) is 0.0909. The molecule has 2 aromatic heterocycles. The fourth-order valence-corrected chi connectivity index (χ4v) is 6.46. The molecule has 0 bridgehead atoms. The molecule has 1 atom stereocenters. The summed E-state index contributed by atoms with van der Waals surface area (Å²) in [7, 11) is -2.52. The summed E-state index contributed by atoms with van der Waals surface area (Å²) in [5.41, 5.74) is 1.58. The number of aromatic nitrogens is 3. The maximum atomic E-state index is 14.4. The van der Waals surface area contributed by atoms with E-state index < -0.39 is 13.3 Å². The van der Waals surface area contributed by atoms with Crippen LogP contribution in [-0.4, -0.2) is 28.0 Å². The zero-order valence-corrected chi connectivity index (χ0v) is 21.0. The average molecular weight is 592 g/mol. The number of aromatic amines is 1. The topological polar surface area (TPSA) is 121 Å². The van der Waals surface area contributed by atoms with E-state index in [2.05, 4.69) is 42.9 Å². The molecule has 4 rings (SSSR count). The van der Waals surface area contributed by atoms with Crippen LogP contribution in [0.5, 0.6) is 0 Å². The van der Waals surface area contributed by atoms with E-state index in [1.807, 2.05) is 18.2 Å². The van der Waals surface area contributed by atoms with Gasteiger partial charge in [0.15, 0.2) is 0 Å². The predicted octanol–water partition coefficient (Wildman–Crippen LogP) is 3.89. The van der Waals surface area contributed by atoms with Crippen LogP contribution in [0.2, 0.25) is 5.02 Å². The zero-order chi connectivity index (χ0) is 23.6. The number of nitriles is 1. The van der Waals surface area contributed by atoms with Gasteiger partial charge in [-0.05, 0) is 65.1 Å². The second-order valence-electron chi connectivity index (χ2n) is 6.97. The lowest BCUT2D eigenvalue weighted by atomic mass is 10.2. The summed E-state index contributed by atoms with van der Waals surface area (Å²) in [4.78, 5) is 24.3. The molecule has 0 fully saturated rings. The maximum Gasteiger partial charge on any atom is 0.268 e. The van der Waals surface area contributed by atoms with Crippen LogP contribution in [-0.2, 0) is 15.6 Å². The van der Waals surface area contributed by atoms with Crippen LogP contribution < -0.4 is 15.9 Å². The molecule has 2 aromatic carbocycles. The van der Waals surface area contributed by atoms with Gasteiger partial charge in [0, 0.05) is 38.1 Å². The Morgan fingerprint density at radius 3 is 2.82 bits per heavy atom. The number of nitrogens with zero attached hydrogens (tertiary/aromatic N) is 3. The highest BCUT2D eigenvalue weighted by molar-refractivity contribution is 14.1. The minimum absolute atomic E-state index is 0.102. The van der Waals surface area contributed by atoms with Crippen LogP contribution in [0.25, 0.3) is 10.9 Å². The number of hydrogen-bond acceptors (Lipinski definition) is 6. The Hall–Kier alpha value is -2.77. The van der Waals surface area contributed by atoms with Crippen molar-refractivity contribution in [1.82, 2.24) is 20.3 Å². The number of carbonyl (C=O) groups excluding carboxylic acids is 1. The van der Waals surface area contributed by atoms with Crippen molar-refractivity contribution in [3.8, 4) is 6.07 Å². The van der Waals surface area contributed by atoms with E-state index in [1.165, 1.54) is 31.6 Å². The van der Waals surface area contributed by atoms with Crippen molar-refractivity contribution in [3.05, 3.63) is 80.5 Å². The van der Waals surface area contributed by atoms with E-state index in [4.69, 9.17) is 16.1 Å². The highest BCUT2D eigenvalue weighted by Crippen LogP contribution is 2.47. The van der Waals surface area contributed by atoms with Gasteiger partial charge in [0.2, 0.25) is 0 Å². The Kier molecular flexibility index (Phi) is 6.81. The van der Waals surface area contributed by atoms with Crippen molar-refractivity contribution >= 4 is 69.0 Å². The molecule has 0 aliphatic carbocycles. The summed E-state index contributed by atoms with van der Waals surface area (Å²) in [6.07, 6.45) is 2.97. The molecule has 0 spiro atoms. The summed E-state index contributed by atoms with van der Waals surface area (Å²) in [5, 5.41) is 13.4. The van der Waals surface area contributed by atoms with Crippen LogP contribution in [0.15, 0.2) is 55.0 Å². The van der Waals surface area contributed by atoms with Crippen LogP contribution in [0.4, 0.5) is 0 Å². The zero-order valence-electron chi connectivity index (χ0n) is 17.2. The fourth-order valence-electron chi connectivity index (χ4n) is 3.44. The van der Waals surface area contributed by atoms with E-state index in [9.17, 15) is 14.6 Å². The number of halogens is 2. The minimum atomic E-state index is -3.83. The van der Waals surface area contributed by atoms with Gasteiger partial charge in [-0.15, -0.1) is 0 Å². The molecule has 0 aliphatic heterocycles. The molecule has 4 aromatic rings. The van der Waals surface area contributed by atoms with Gasteiger partial charge < -0.3 is 14.8 Å². The predicted molar refractivity (Wildman–Crippen MR) is 134 cm³/mol. The first-order chi connectivity index (χ1) is 15.9. The maximum absolute atomic E-state index is 14.4. The Morgan fingerprint density at radius 1 is 1.30 bits per heavy atom. The molecule has 0 saturated heterocycles. The third kappa shape index (κ3) is 4.66. The van der Waals surface area contributed by atoms with Crippen molar-refractivity contribution in [3.63, 3.8) is 0 Å². The van der Waals surface area contributed by atoms with Crippen LogP contribution in [0.3, 0.4) is 0 Å². The summed E-state index contributed by atoms with van der Waals surface area (Å²) >= 11 is 8.33. The van der Waals surface area contributed by atoms with Crippen LogP contribution in [0.1, 0.15) is 21.7 Å². The van der Waals surface area contributed by atoms with E-state index in [0.717, 1.165) is 3.57 Å². The molecule has 0 aliphatic rings. The SMILES string of the molecule is COP(=O)(c1cc(Cl)cc(C#N)c1)c1c(C(=O)NCc2ccncn2)[nH]c2ccc(I)cc12. The molecule has 33 heavy (non-hydrogen) atoms. The highest BCUT2D eigenvalue weighted by atomic mass is 127. The normalized spacial score (nSPS) is 12.8. The molecule has 8 nitrogen and oxygen atoms in total. The number of amides is 1. The third-order valence-electron chi connectivity index (χ3n) is 4.94. The first kappa shape index (κ1) is 23.4. The number of hydrogen-bond donors (Lipinski definition) is 2. The molecule has 2 heterocycles. The number of benzene rings is 2. The van der Waals surface area contributed by atoms with Crippen molar-refractivity contribution in [1.29, 1.82) is 5.26 Å². The van der Waals surface area contributed by atoms with E-state index >= 15 is 0 Å². The molecule has 0 saturated carbocycles. The van der Waals surface area contributed by atoms with Gasteiger partial charge in [-0.25, -0.2) is 9.97 Å². The lowest BCUT2D eigenvalue weighted by Gasteiger charge is -2.19. The van der Waals surface area contributed by atoms with Gasteiger partial charge in [0.25, 0.3) is 13.3 Å². The Bertz CT molecular complexity index is 1450. The smallest absolute Gasteiger partial charge is 0.268 e. The Balaban J connectivity index is 1.88. The van der Waals surface area contributed by atoms with E-state index in [-0.39, 0.29) is 33.4 Å². The Labute approximate surface area is 207 Å². The van der Waals surface area contributed by atoms with E-state index in [0.29, 0.717) is 16.6 Å². The van der Waals surface area contributed by atoms with Gasteiger partial charge in [0.05, 0.1) is 29.2 Å². The Morgan fingerprint density at radius 2 is 2.12 bits per heavy atom. The average Bonchev–Trinajstić information content (AvgIpc) is 3.21. The van der Waals surface area contributed by atoms with Gasteiger partial charge in [-0.2, -0.15) is 5.26 Å². The van der Waals surface area contributed by atoms with Gasteiger partial charge in [0.1, 0.15) is 12.0 Å². The van der Waals surface area contributed by atoms with Crippen molar-refractivity contribution < 1.29 is 13.9 Å². The van der Waals surface area contributed by atoms with Crippen LogP contribution in [0, 0.1) is 14.9 Å². The molecule has 11 heteroatoms. The monoisotopic (exact) mass is 591 g/mol. The molecule has 166 valence electrons. The number of rotatable bonds is 6. The van der Waals surface area contributed by atoms with Crippen molar-refractivity contribution in [2.45, 2.75) is 6.54 Å². The number of carbonyl (C=O) groups is 1. The lowest BCUT2D eigenvalue weighted by Crippen LogP contribution is -2.30. The molecule has 2 N–H and O–H groups in total. The lowest BCUT2D eigenvalue weighted by molar-refractivity contribution is 0.0947. The largest absolute Gasteiger partial charge is 0.350 e. The highest BCUT2D eigenvalue weighted by Gasteiger charge is 2.36. The summed E-state index contributed by atoms with van der Waals surface area (Å²) in [5.74, 6) is -0.477. The molecular formula is C22H16ClIN5O3P. The number of nitrogens with one attached hydrogen (secondary N) is 2.